The minimum atomic E-state index is -0.844. The van der Waals surface area contributed by atoms with Crippen molar-refractivity contribution in [1.82, 2.24) is 9.55 Å². The van der Waals surface area contributed by atoms with Crippen LogP contribution in [0.1, 0.15) is 41.5 Å². The number of benzene rings is 2. The topological polar surface area (TPSA) is 58.7 Å². The number of aromatic nitrogens is 2. The van der Waals surface area contributed by atoms with Gasteiger partial charge in [-0.3, -0.25) is 4.79 Å². The largest absolute Gasteiger partial charge is 0.334 e. The first-order valence-corrected chi connectivity index (χ1v) is 9.16. The average molecular weight is 357 g/mol. The van der Waals surface area contributed by atoms with Gasteiger partial charge in [-0.2, -0.15) is 5.26 Å². The Balaban J connectivity index is 2.09. The molecule has 0 N–H and O–H groups in total. The number of ketones is 1. The monoisotopic (exact) mass is 357 g/mol. The molecule has 3 rings (SSSR count). The lowest BCUT2D eigenvalue weighted by Crippen LogP contribution is -2.25. The van der Waals surface area contributed by atoms with Crippen LogP contribution in [0.2, 0.25) is 0 Å². The Hall–Kier alpha value is -3.19. The van der Waals surface area contributed by atoms with Crippen molar-refractivity contribution in [2.45, 2.75) is 26.3 Å². The molecule has 0 radical (unpaired) electrons. The molecule has 0 fully saturated rings. The molecule has 27 heavy (non-hydrogen) atoms. The van der Waals surface area contributed by atoms with E-state index in [0.717, 1.165) is 17.9 Å². The average Bonchev–Trinajstić information content (AvgIpc) is 3.13. The molecule has 136 valence electrons. The summed E-state index contributed by atoms with van der Waals surface area (Å²) in [6.45, 7) is 5.06. The van der Waals surface area contributed by atoms with Crippen LogP contribution in [-0.4, -0.2) is 15.3 Å². The first-order valence-electron chi connectivity index (χ1n) is 9.16. The SMILES string of the molecule is CC(C)Cn1ccnc1C(c1ccccc1)C(C#N)C(=O)c1ccccc1. The van der Waals surface area contributed by atoms with E-state index in [4.69, 9.17) is 0 Å². The Kier molecular flexibility index (Phi) is 5.83. The molecule has 0 bridgehead atoms. The summed E-state index contributed by atoms with van der Waals surface area (Å²) in [5.74, 6) is -0.253. The molecule has 2 atom stereocenters. The van der Waals surface area contributed by atoms with Crippen molar-refractivity contribution in [2.75, 3.05) is 0 Å². The second-order valence-electron chi connectivity index (χ2n) is 7.06. The van der Waals surface area contributed by atoms with Gasteiger partial charge in [0.15, 0.2) is 5.78 Å². The van der Waals surface area contributed by atoms with Gasteiger partial charge in [-0.25, -0.2) is 4.98 Å². The molecule has 0 amide bonds. The molecule has 2 unspecified atom stereocenters. The molecule has 0 saturated heterocycles. The van der Waals surface area contributed by atoms with E-state index < -0.39 is 11.8 Å². The highest BCUT2D eigenvalue weighted by Gasteiger charge is 2.34. The smallest absolute Gasteiger partial charge is 0.181 e. The zero-order valence-electron chi connectivity index (χ0n) is 15.6. The van der Waals surface area contributed by atoms with E-state index in [1.165, 1.54) is 0 Å². The molecule has 3 aromatic rings. The summed E-state index contributed by atoms with van der Waals surface area (Å²) in [4.78, 5) is 17.7. The number of nitrogens with zero attached hydrogens (tertiary/aromatic N) is 3. The Morgan fingerprint density at radius 3 is 2.30 bits per heavy atom. The van der Waals surface area contributed by atoms with E-state index in [1.807, 2.05) is 54.7 Å². The van der Waals surface area contributed by atoms with E-state index in [1.54, 1.807) is 18.3 Å². The van der Waals surface area contributed by atoms with Gasteiger partial charge in [-0.05, 0) is 11.5 Å². The molecule has 4 heteroatoms. The van der Waals surface area contributed by atoms with E-state index in [0.29, 0.717) is 11.5 Å². The Labute approximate surface area is 160 Å². The van der Waals surface area contributed by atoms with Crippen molar-refractivity contribution in [3.8, 4) is 6.07 Å². The summed E-state index contributed by atoms with van der Waals surface area (Å²) in [6, 6.07) is 21.0. The highest BCUT2D eigenvalue weighted by Crippen LogP contribution is 2.33. The number of carbonyl (C=O) groups is 1. The predicted molar refractivity (Wildman–Crippen MR) is 105 cm³/mol. The summed E-state index contributed by atoms with van der Waals surface area (Å²) in [5.41, 5.74) is 1.47. The van der Waals surface area contributed by atoms with Crippen LogP contribution in [0.15, 0.2) is 73.1 Å². The first-order chi connectivity index (χ1) is 13.1. The van der Waals surface area contributed by atoms with E-state index >= 15 is 0 Å². The first kappa shape index (κ1) is 18.6. The summed E-state index contributed by atoms with van der Waals surface area (Å²) in [5, 5.41) is 9.95. The lowest BCUT2D eigenvalue weighted by Gasteiger charge is -2.23. The summed E-state index contributed by atoms with van der Waals surface area (Å²) >= 11 is 0. The Morgan fingerprint density at radius 2 is 1.70 bits per heavy atom. The summed E-state index contributed by atoms with van der Waals surface area (Å²) in [6.07, 6.45) is 3.67. The van der Waals surface area contributed by atoms with Crippen LogP contribution in [-0.2, 0) is 6.54 Å². The highest BCUT2D eigenvalue weighted by atomic mass is 16.1. The molecular formula is C23H23N3O. The number of imidazole rings is 1. The number of Topliss-reactive ketones (excluding diaryl/α,β-unsaturated/α-hetero) is 1. The minimum absolute atomic E-state index is 0.175. The van der Waals surface area contributed by atoms with Crippen molar-refractivity contribution >= 4 is 5.78 Å². The van der Waals surface area contributed by atoms with E-state index in [-0.39, 0.29) is 5.78 Å². The van der Waals surface area contributed by atoms with Crippen molar-refractivity contribution in [3.63, 3.8) is 0 Å². The Bertz CT molecular complexity index is 923. The minimum Gasteiger partial charge on any atom is -0.334 e. The third kappa shape index (κ3) is 4.15. The molecule has 2 aromatic carbocycles. The van der Waals surface area contributed by atoms with Crippen LogP contribution in [0.4, 0.5) is 0 Å². The molecule has 1 heterocycles. The molecule has 0 aliphatic heterocycles. The maximum Gasteiger partial charge on any atom is 0.181 e. The molecule has 1 aromatic heterocycles. The Morgan fingerprint density at radius 1 is 1.07 bits per heavy atom. The fourth-order valence-electron chi connectivity index (χ4n) is 3.36. The van der Waals surface area contributed by atoms with Gasteiger partial charge in [-0.15, -0.1) is 0 Å². The van der Waals surface area contributed by atoms with Gasteiger partial charge < -0.3 is 4.57 Å². The number of hydrogen-bond donors (Lipinski definition) is 0. The number of hydrogen-bond acceptors (Lipinski definition) is 3. The predicted octanol–water partition coefficient (Wildman–Crippen LogP) is 4.69. The maximum atomic E-state index is 13.2. The van der Waals surface area contributed by atoms with Crippen LogP contribution in [0.3, 0.4) is 0 Å². The van der Waals surface area contributed by atoms with Crippen molar-refractivity contribution < 1.29 is 4.79 Å². The van der Waals surface area contributed by atoms with Gasteiger partial charge in [0.25, 0.3) is 0 Å². The molecule has 4 nitrogen and oxygen atoms in total. The van der Waals surface area contributed by atoms with E-state index in [2.05, 4.69) is 29.5 Å². The van der Waals surface area contributed by atoms with Gasteiger partial charge in [0.1, 0.15) is 11.7 Å². The molecule has 0 aliphatic carbocycles. The van der Waals surface area contributed by atoms with Crippen molar-refractivity contribution in [2.24, 2.45) is 11.8 Å². The lowest BCUT2D eigenvalue weighted by molar-refractivity contribution is 0.0938. The molecular weight excluding hydrogens is 334 g/mol. The van der Waals surface area contributed by atoms with Crippen LogP contribution in [0, 0.1) is 23.2 Å². The fraction of sp³-hybridized carbons (Fsp3) is 0.261. The van der Waals surface area contributed by atoms with Gasteiger partial charge in [0.2, 0.25) is 0 Å². The zero-order valence-corrected chi connectivity index (χ0v) is 15.6. The van der Waals surface area contributed by atoms with Crippen LogP contribution in [0.5, 0.6) is 0 Å². The number of nitriles is 1. The normalized spacial score (nSPS) is 13.1. The van der Waals surface area contributed by atoms with Crippen molar-refractivity contribution in [1.29, 1.82) is 5.26 Å². The third-order valence-electron chi connectivity index (χ3n) is 4.56. The summed E-state index contributed by atoms with van der Waals surface area (Å²) in [7, 11) is 0. The highest BCUT2D eigenvalue weighted by molar-refractivity contribution is 6.00. The van der Waals surface area contributed by atoms with Gasteiger partial charge in [0, 0.05) is 24.5 Å². The third-order valence-corrected chi connectivity index (χ3v) is 4.56. The second kappa shape index (κ2) is 8.46. The summed E-state index contributed by atoms with van der Waals surface area (Å²) < 4.78 is 2.06. The zero-order chi connectivity index (χ0) is 19.2. The number of carbonyl (C=O) groups excluding carboxylic acids is 1. The van der Waals surface area contributed by atoms with Crippen LogP contribution in [0.25, 0.3) is 0 Å². The van der Waals surface area contributed by atoms with Gasteiger partial charge >= 0.3 is 0 Å². The van der Waals surface area contributed by atoms with Crippen molar-refractivity contribution in [3.05, 3.63) is 90.0 Å². The quantitative estimate of drug-likeness (QED) is 0.576. The second-order valence-corrected chi connectivity index (χ2v) is 7.06. The molecule has 0 saturated carbocycles. The molecule has 0 aliphatic rings. The van der Waals surface area contributed by atoms with Gasteiger partial charge in [0.05, 0.1) is 12.0 Å². The standard InChI is InChI=1S/C23H23N3O/c1-17(2)16-26-14-13-25-23(26)21(18-9-5-3-6-10-18)20(15-24)22(27)19-11-7-4-8-12-19/h3-14,17,20-21H,16H2,1-2H3. The van der Waals surface area contributed by atoms with Gasteiger partial charge in [-0.1, -0.05) is 74.5 Å². The maximum absolute atomic E-state index is 13.2. The van der Waals surface area contributed by atoms with Crippen LogP contribution >= 0.6 is 0 Å². The van der Waals surface area contributed by atoms with E-state index in [9.17, 15) is 10.1 Å². The number of rotatable bonds is 7. The lowest BCUT2D eigenvalue weighted by atomic mass is 9.81. The molecule has 0 spiro atoms. The fourth-order valence-corrected chi connectivity index (χ4v) is 3.36. The van der Waals surface area contributed by atoms with Crippen LogP contribution < -0.4 is 0 Å².